The van der Waals surface area contributed by atoms with E-state index >= 15 is 0 Å². The molecule has 2 fully saturated rings. The largest absolute Gasteiger partial charge is 0.495 e. The van der Waals surface area contributed by atoms with Crippen LogP contribution in [0.4, 0.5) is 5.69 Å². The van der Waals surface area contributed by atoms with Gasteiger partial charge in [-0.2, -0.15) is 0 Å². The molecule has 0 bridgehead atoms. The number of methoxy groups -OCH3 is 1. The lowest BCUT2D eigenvalue weighted by atomic mass is 10.0. The number of hydrogen-bond acceptors (Lipinski definition) is 9. The van der Waals surface area contributed by atoms with Crippen LogP contribution in [0.15, 0.2) is 46.0 Å². The van der Waals surface area contributed by atoms with E-state index in [1.54, 1.807) is 24.6 Å². The number of benzene rings is 1. The molecule has 4 unspecified atom stereocenters. The first-order chi connectivity index (χ1) is 15.4. The van der Waals surface area contributed by atoms with Crippen LogP contribution < -0.4 is 14.4 Å². The van der Waals surface area contributed by atoms with E-state index in [2.05, 4.69) is 14.5 Å². The van der Waals surface area contributed by atoms with Gasteiger partial charge in [-0.15, -0.1) is 11.3 Å². The Morgan fingerprint density at radius 2 is 1.91 bits per heavy atom. The number of aliphatic hydroxyl groups is 2. The molecule has 32 heavy (non-hydrogen) atoms. The third-order valence-electron chi connectivity index (χ3n) is 6.04. The SMILES string of the molecule is COc1ccccc1N1CCN(C2C(CNS(=O)(=O)c3cccs3)OC(CO)C2O)CC1. The standard InChI is InChI=1S/C21H29N3O6S2/c1-29-16-6-3-2-5-15(16)23-8-10-24(11-9-23)20-17(30-18(14-25)21(20)26)13-22-32(27,28)19-7-4-12-31-19/h2-7,12,17-18,20-22,25-26H,8-11,13-14H2,1H3. The van der Waals surface area contributed by atoms with E-state index in [0.717, 1.165) is 35.9 Å². The summed E-state index contributed by atoms with van der Waals surface area (Å²) in [5.74, 6) is 0.811. The highest BCUT2D eigenvalue weighted by atomic mass is 32.2. The molecular formula is C21H29N3O6S2. The van der Waals surface area contributed by atoms with Gasteiger partial charge in [0.25, 0.3) is 0 Å². The summed E-state index contributed by atoms with van der Waals surface area (Å²) in [4.78, 5) is 4.35. The number of para-hydroxylation sites is 2. The van der Waals surface area contributed by atoms with Crippen molar-refractivity contribution < 1.29 is 28.1 Å². The zero-order valence-corrected chi connectivity index (χ0v) is 19.5. The summed E-state index contributed by atoms with van der Waals surface area (Å²) in [6.45, 7) is 2.46. The number of piperazine rings is 1. The second-order valence-electron chi connectivity index (χ2n) is 7.86. The van der Waals surface area contributed by atoms with Gasteiger partial charge in [0.1, 0.15) is 22.2 Å². The first kappa shape index (κ1) is 23.4. The fraction of sp³-hybridized carbons (Fsp3) is 0.524. The van der Waals surface area contributed by atoms with E-state index in [4.69, 9.17) is 9.47 Å². The molecule has 1 aromatic carbocycles. The van der Waals surface area contributed by atoms with Crippen LogP contribution >= 0.6 is 11.3 Å². The Morgan fingerprint density at radius 3 is 2.56 bits per heavy atom. The van der Waals surface area contributed by atoms with Gasteiger partial charge >= 0.3 is 0 Å². The van der Waals surface area contributed by atoms with Crippen molar-refractivity contribution >= 4 is 27.0 Å². The molecule has 3 heterocycles. The van der Waals surface area contributed by atoms with Crippen LogP contribution in [0.5, 0.6) is 5.75 Å². The minimum atomic E-state index is -3.65. The predicted molar refractivity (Wildman–Crippen MR) is 122 cm³/mol. The van der Waals surface area contributed by atoms with Crippen LogP contribution in [0.25, 0.3) is 0 Å². The molecule has 0 radical (unpaired) electrons. The number of anilines is 1. The average molecular weight is 484 g/mol. The Morgan fingerprint density at radius 1 is 1.16 bits per heavy atom. The zero-order chi connectivity index (χ0) is 22.7. The van der Waals surface area contributed by atoms with Crippen molar-refractivity contribution in [3.8, 4) is 5.75 Å². The Hall–Kier alpha value is -1.73. The van der Waals surface area contributed by atoms with Gasteiger partial charge in [-0.25, -0.2) is 13.1 Å². The minimum Gasteiger partial charge on any atom is -0.495 e. The highest BCUT2D eigenvalue weighted by molar-refractivity contribution is 7.91. The molecule has 2 aromatic rings. The second-order valence-corrected chi connectivity index (χ2v) is 10.8. The smallest absolute Gasteiger partial charge is 0.250 e. The van der Waals surface area contributed by atoms with Gasteiger partial charge in [0.2, 0.25) is 10.0 Å². The van der Waals surface area contributed by atoms with Gasteiger partial charge in [-0.05, 0) is 23.6 Å². The molecule has 11 heteroatoms. The number of thiophene rings is 1. The number of ether oxygens (including phenoxy) is 2. The lowest BCUT2D eigenvalue weighted by Crippen LogP contribution is -2.57. The van der Waals surface area contributed by atoms with Crippen LogP contribution in [0.1, 0.15) is 0 Å². The van der Waals surface area contributed by atoms with Crippen LogP contribution in [0.2, 0.25) is 0 Å². The Labute approximate surface area is 192 Å². The summed E-state index contributed by atoms with van der Waals surface area (Å²) in [6.07, 6.45) is -2.23. The minimum absolute atomic E-state index is 0.0190. The van der Waals surface area contributed by atoms with Crippen LogP contribution in [0, 0.1) is 0 Å². The summed E-state index contributed by atoms with van der Waals surface area (Å²) < 4.78 is 39.2. The number of hydrogen-bond donors (Lipinski definition) is 3. The Bertz CT molecular complexity index is 979. The quantitative estimate of drug-likeness (QED) is 0.493. The maximum Gasteiger partial charge on any atom is 0.250 e. The van der Waals surface area contributed by atoms with Gasteiger partial charge < -0.3 is 24.6 Å². The van der Waals surface area contributed by atoms with Crippen LogP contribution in [-0.2, 0) is 14.8 Å². The first-order valence-corrected chi connectivity index (χ1v) is 12.9. The fourth-order valence-electron chi connectivity index (χ4n) is 4.43. The van der Waals surface area contributed by atoms with Crippen molar-refractivity contribution in [1.82, 2.24) is 9.62 Å². The lowest BCUT2D eigenvalue weighted by molar-refractivity contribution is -0.0201. The van der Waals surface area contributed by atoms with Gasteiger partial charge in [0.05, 0.1) is 31.5 Å². The van der Waals surface area contributed by atoms with Crippen molar-refractivity contribution in [1.29, 1.82) is 0 Å². The summed E-state index contributed by atoms with van der Waals surface area (Å²) in [5, 5.41) is 22.2. The predicted octanol–water partition coefficient (Wildman–Crippen LogP) is 0.346. The number of nitrogens with one attached hydrogen (secondary N) is 1. The lowest BCUT2D eigenvalue weighted by Gasteiger charge is -2.41. The molecule has 9 nitrogen and oxygen atoms in total. The van der Waals surface area contributed by atoms with Crippen molar-refractivity contribution in [3.05, 3.63) is 41.8 Å². The second kappa shape index (κ2) is 10.0. The number of aliphatic hydroxyl groups excluding tert-OH is 2. The van der Waals surface area contributed by atoms with E-state index in [-0.39, 0.29) is 17.4 Å². The topological polar surface area (TPSA) is 112 Å². The van der Waals surface area contributed by atoms with E-state index in [0.29, 0.717) is 13.1 Å². The molecule has 0 saturated carbocycles. The highest BCUT2D eigenvalue weighted by Gasteiger charge is 2.47. The van der Waals surface area contributed by atoms with Gasteiger partial charge in [-0.3, -0.25) is 4.90 Å². The number of nitrogens with zero attached hydrogens (tertiary/aromatic N) is 2. The maximum absolute atomic E-state index is 12.5. The highest BCUT2D eigenvalue weighted by Crippen LogP contribution is 2.31. The monoisotopic (exact) mass is 483 g/mol. The fourth-order valence-corrected chi connectivity index (χ4v) is 6.51. The molecule has 3 N–H and O–H groups in total. The van der Waals surface area contributed by atoms with E-state index in [1.165, 1.54) is 0 Å². The van der Waals surface area contributed by atoms with Crippen molar-refractivity contribution in [3.63, 3.8) is 0 Å². The Kier molecular flexibility index (Phi) is 7.35. The summed E-state index contributed by atoms with van der Waals surface area (Å²) >= 11 is 1.14. The molecule has 2 aliphatic heterocycles. The van der Waals surface area contributed by atoms with Gasteiger partial charge in [0, 0.05) is 32.7 Å². The van der Waals surface area contributed by atoms with Crippen molar-refractivity contribution in [2.75, 3.05) is 51.3 Å². The summed E-state index contributed by atoms with van der Waals surface area (Å²) in [7, 11) is -2.00. The first-order valence-electron chi connectivity index (χ1n) is 10.5. The number of rotatable bonds is 8. The molecule has 2 aliphatic rings. The molecule has 176 valence electrons. The van der Waals surface area contributed by atoms with Crippen LogP contribution in [-0.4, -0.2) is 94.3 Å². The molecule has 0 aliphatic carbocycles. The molecule has 0 amide bonds. The average Bonchev–Trinajstić information content (AvgIpc) is 3.47. The van der Waals surface area contributed by atoms with E-state index < -0.39 is 34.4 Å². The molecule has 0 spiro atoms. The Balaban J connectivity index is 1.43. The van der Waals surface area contributed by atoms with Crippen molar-refractivity contribution in [2.45, 2.75) is 28.6 Å². The molecule has 2 saturated heterocycles. The zero-order valence-electron chi connectivity index (χ0n) is 17.8. The van der Waals surface area contributed by atoms with Gasteiger partial charge in [0.15, 0.2) is 0 Å². The summed E-state index contributed by atoms with van der Waals surface area (Å²) in [5.41, 5.74) is 1.02. The molecule has 4 atom stereocenters. The normalized spacial score (nSPS) is 27.0. The van der Waals surface area contributed by atoms with Crippen LogP contribution in [0.3, 0.4) is 0 Å². The van der Waals surface area contributed by atoms with Crippen molar-refractivity contribution in [2.24, 2.45) is 0 Å². The molecule has 1 aromatic heterocycles. The summed E-state index contributed by atoms with van der Waals surface area (Å²) in [6, 6.07) is 10.7. The maximum atomic E-state index is 12.5. The third kappa shape index (κ3) is 4.79. The molecule has 4 rings (SSSR count). The van der Waals surface area contributed by atoms with Gasteiger partial charge in [-0.1, -0.05) is 18.2 Å². The molecular weight excluding hydrogens is 454 g/mol. The number of sulfonamides is 1. The van der Waals surface area contributed by atoms with E-state index in [9.17, 15) is 18.6 Å². The van der Waals surface area contributed by atoms with E-state index in [1.807, 2.05) is 24.3 Å². The third-order valence-corrected chi connectivity index (χ3v) is 8.86.